The zero-order valence-electron chi connectivity index (χ0n) is 19.0. The first-order chi connectivity index (χ1) is 15.3. The van der Waals surface area contributed by atoms with Gasteiger partial charge in [-0.2, -0.15) is 0 Å². The molecule has 0 atom stereocenters. The Kier molecular flexibility index (Phi) is 8.71. The van der Waals surface area contributed by atoms with Crippen LogP contribution in [0.5, 0.6) is 17.2 Å². The first-order valence-electron chi connectivity index (χ1n) is 10.1. The number of H-pyrrole nitrogens is 1. The monoisotopic (exact) mass is 450 g/mol. The number of nitrogens with two attached hydrogens (primary N) is 1. The molecule has 1 aromatic heterocycles. The second-order valence-electron chi connectivity index (χ2n) is 6.86. The van der Waals surface area contributed by atoms with Gasteiger partial charge in [0.15, 0.2) is 17.2 Å². The molecule has 11 heteroatoms. The predicted molar refractivity (Wildman–Crippen MR) is 120 cm³/mol. The predicted octanol–water partition coefficient (Wildman–Crippen LogP) is 1.24. The third-order valence-electron chi connectivity index (χ3n) is 4.90. The van der Waals surface area contributed by atoms with Crippen molar-refractivity contribution in [2.45, 2.75) is 26.3 Å². The minimum Gasteiger partial charge on any atom is -0.493 e. The zero-order valence-corrected chi connectivity index (χ0v) is 19.0. The minimum absolute atomic E-state index is 0.0191. The van der Waals surface area contributed by atoms with Crippen molar-refractivity contribution in [3.8, 4) is 17.2 Å². The molecule has 0 spiro atoms. The Balaban J connectivity index is 2.67. The Morgan fingerprint density at radius 2 is 1.72 bits per heavy atom. The number of benzene rings is 1. The highest BCUT2D eigenvalue weighted by atomic mass is 16.5. The fraction of sp³-hybridized carbons (Fsp3) is 0.476. The van der Waals surface area contributed by atoms with Crippen LogP contribution in [-0.4, -0.2) is 57.0 Å². The minimum atomic E-state index is -0.767. The number of aromatic amines is 1. The number of carbonyl (C=O) groups excluding carboxylic acids is 1. The van der Waals surface area contributed by atoms with E-state index in [9.17, 15) is 14.4 Å². The smallest absolute Gasteiger partial charge is 0.330 e. The van der Waals surface area contributed by atoms with Gasteiger partial charge in [-0.3, -0.25) is 24.0 Å². The summed E-state index contributed by atoms with van der Waals surface area (Å²) in [5.74, 6) is 0.220. The molecule has 0 radical (unpaired) electrons. The molecule has 2 aromatic rings. The number of unbranched alkanes of at least 4 members (excludes halogenated alkanes) is 1. The van der Waals surface area contributed by atoms with Crippen LogP contribution in [0.3, 0.4) is 0 Å². The molecular weight excluding hydrogens is 420 g/mol. The molecule has 32 heavy (non-hydrogen) atoms. The highest BCUT2D eigenvalue weighted by Gasteiger charge is 2.27. The van der Waals surface area contributed by atoms with Crippen molar-refractivity contribution in [3.05, 3.63) is 38.5 Å². The van der Waals surface area contributed by atoms with Crippen molar-refractivity contribution in [3.63, 3.8) is 0 Å². The van der Waals surface area contributed by atoms with Crippen LogP contribution < -0.4 is 36.1 Å². The van der Waals surface area contributed by atoms with E-state index in [1.807, 2.05) is 6.92 Å². The lowest BCUT2D eigenvalue weighted by Crippen LogP contribution is -2.42. The fourth-order valence-corrected chi connectivity index (χ4v) is 3.23. The molecule has 1 heterocycles. The maximum absolute atomic E-state index is 13.5. The number of amides is 1. The summed E-state index contributed by atoms with van der Waals surface area (Å²) in [5.41, 5.74) is 4.86. The van der Waals surface area contributed by atoms with Gasteiger partial charge in [-0.25, -0.2) is 4.79 Å². The molecule has 0 bridgehead atoms. The molecule has 3 N–H and O–H groups in total. The van der Waals surface area contributed by atoms with Crippen LogP contribution in [0.4, 0.5) is 11.5 Å². The molecule has 1 amide bonds. The van der Waals surface area contributed by atoms with Gasteiger partial charge in [0.05, 0.1) is 27.9 Å². The number of aromatic nitrogens is 2. The highest BCUT2D eigenvalue weighted by Crippen LogP contribution is 2.38. The lowest BCUT2D eigenvalue weighted by molar-refractivity contribution is 0.0974. The van der Waals surface area contributed by atoms with Crippen LogP contribution >= 0.6 is 0 Å². The van der Waals surface area contributed by atoms with Gasteiger partial charge in [-0.15, -0.1) is 0 Å². The van der Waals surface area contributed by atoms with Gasteiger partial charge in [0.25, 0.3) is 11.5 Å². The van der Waals surface area contributed by atoms with E-state index >= 15 is 0 Å². The molecule has 0 saturated carbocycles. The van der Waals surface area contributed by atoms with Gasteiger partial charge in [-0.05, 0) is 18.6 Å². The van der Waals surface area contributed by atoms with Gasteiger partial charge in [-0.1, -0.05) is 13.3 Å². The van der Waals surface area contributed by atoms with Crippen LogP contribution in [0.2, 0.25) is 0 Å². The van der Waals surface area contributed by atoms with E-state index < -0.39 is 17.2 Å². The number of ether oxygens (including phenoxy) is 4. The number of carbonyl (C=O) groups is 1. The second-order valence-corrected chi connectivity index (χ2v) is 6.86. The number of hydrogen-bond acceptors (Lipinski definition) is 8. The maximum atomic E-state index is 13.5. The van der Waals surface area contributed by atoms with Crippen LogP contribution in [0, 0.1) is 0 Å². The average Bonchev–Trinajstić information content (AvgIpc) is 2.79. The Labute approximate surface area is 185 Å². The van der Waals surface area contributed by atoms with Gasteiger partial charge < -0.3 is 24.7 Å². The number of nitrogens with zero attached hydrogens (tertiary/aromatic N) is 2. The number of rotatable bonds is 11. The molecule has 0 aliphatic rings. The largest absolute Gasteiger partial charge is 0.493 e. The summed E-state index contributed by atoms with van der Waals surface area (Å²) in [7, 11) is 5.78. The molecule has 0 saturated heterocycles. The van der Waals surface area contributed by atoms with Crippen LogP contribution in [-0.2, 0) is 11.3 Å². The van der Waals surface area contributed by atoms with Crippen LogP contribution in [0.1, 0.15) is 30.1 Å². The van der Waals surface area contributed by atoms with E-state index in [1.165, 1.54) is 50.0 Å². The Morgan fingerprint density at radius 3 is 2.22 bits per heavy atom. The summed E-state index contributed by atoms with van der Waals surface area (Å²) in [6.07, 6.45) is 1.49. The molecule has 0 fully saturated rings. The van der Waals surface area contributed by atoms with Gasteiger partial charge in [0.2, 0.25) is 5.75 Å². The molecule has 11 nitrogen and oxygen atoms in total. The third kappa shape index (κ3) is 5.05. The van der Waals surface area contributed by atoms with Crippen LogP contribution in [0.25, 0.3) is 0 Å². The van der Waals surface area contributed by atoms with E-state index in [0.29, 0.717) is 18.7 Å². The van der Waals surface area contributed by atoms with Crippen molar-refractivity contribution in [1.29, 1.82) is 0 Å². The first-order valence-corrected chi connectivity index (χ1v) is 10.1. The van der Waals surface area contributed by atoms with Gasteiger partial charge >= 0.3 is 5.69 Å². The van der Waals surface area contributed by atoms with E-state index in [4.69, 9.17) is 24.7 Å². The fourth-order valence-electron chi connectivity index (χ4n) is 3.23. The number of nitrogens with one attached hydrogen (secondary N) is 1. The lowest BCUT2D eigenvalue weighted by Gasteiger charge is -2.25. The maximum Gasteiger partial charge on any atom is 0.330 e. The summed E-state index contributed by atoms with van der Waals surface area (Å²) in [5, 5.41) is 0. The normalized spacial score (nSPS) is 10.7. The second kappa shape index (κ2) is 11.2. The first kappa shape index (κ1) is 24.8. The number of nitrogen functional groups attached to an aromatic ring is 1. The van der Waals surface area contributed by atoms with E-state index in [-0.39, 0.29) is 41.7 Å². The van der Waals surface area contributed by atoms with Crippen molar-refractivity contribution >= 4 is 17.4 Å². The van der Waals surface area contributed by atoms with Crippen molar-refractivity contribution in [1.82, 2.24) is 9.55 Å². The third-order valence-corrected chi connectivity index (χ3v) is 4.90. The Hall–Kier alpha value is -3.47. The summed E-state index contributed by atoms with van der Waals surface area (Å²) in [6.45, 7) is 2.42. The summed E-state index contributed by atoms with van der Waals surface area (Å²) < 4.78 is 22.3. The van der Waals surface area contributed by atoms with E-state index in [1.54, 1.807) is 0 Å². The molecule has 1 aromatic carbocycles. The van der Waals surface area contributed by atoms with Crippen molar-refractivity contribution in [2.24, 2.45) is 0 Å². The van der Waals surface area contributed by atoms with Crippen molar-refractivity contribution < 1.29 is 23.7 Å². The molecule has 0 aliphatic heterocycles. The van der Waals surface area contributed by atoms with E-state index in [2.05, 4.69) is 4.98 Å². The quantitative estimate of drug-likeness (QED) is 0.521. The molecule has 0 aliphatic carbocycles. The Bertz CT molecular complexity index is 1040. The lowest BCUT2D eigenvalue weighted by atomic mass is 10.1. The number of methoxy groups -OCH3 is 4. The summed E-state index contributed by atoms with van der Waals surface area (Å²) in [6, 6.07) is 2.95. The standard InChI is InChI=1S/C21H30N4O7/c1-6-7-8-25-18(22)16(19(26)23-21(25)28)24(9-10-29-2)20(27)13-11-14(30-3)17(32-5)15(12-13)31-4/h11-12H,6-10,22H2,1-5H3,(H,23,26,28). The molecule has 0 unspecified atom stereocenters. The SMILES string of the molecule is CCCCn1c(N)c(N(CCOC)C(=O)c2cc(OC)c(OC)c(OC)c2)c(=O)[nH]c1=O. The molecular formula is C21H30N4O7. The Morgan fingerprint density at radius 1 is 1.09 bits per heavy atom. The van der Waals surface area contributed by atoms with E-state index in [0.717, 1.165) is 6.42 Å². The molecule has 2 rings (SSSR count). The number of hydrogen-bond donors (Lipinski definition) is 2. The van der Waals surface area contributed by atoms with Crippen molar-refractivity contribution in [2.75, 3.05) is 52.2 Å². The number of anilines is 2. The molecule has 176 valence electrons. The average molecular weight is 450 g/mol. The zero-order chi connectivity index (χ0) is 23.8. The van der Waals surface area contributed by atoms with Gasteiger partial charge in [0.1, 0.15) is 5.82 Å². The summed E-state index contributed by atoms with van der Waals surface area (Å²) >= 11 is 0. The van der Waals surface area contributed by atoms with Crippen LogP contribution in [0.15, 0.2) is 21.7 Å². The topological polar surface area (TPSA) is 138 Å². The highest BCUT2D eigenvalue weighted by molar-refractivity contribution is 6.08. The summed E-state index contributed by atoms with van der Waals surface area (Å²) in [4.78, 5) is 42.0. The van der Waals surface area contributed by atoms with Gasteiger partial charge in [0, 0.05) is 25.8 Å².